The van der Waals surface area contributed by atoms with Crippen LogP contribution in [0.4, 0.5) is 5.69 Å². The molecule has 1 aliphatic heterocycles. The van der Waals surface area contributed by atoms with E-state index in [-0.39, 0.29) is 11.3 Å². The number of anilines is 1. The van der Waals surface area contributed by atoms with Crippen LogP contribution in [0.3, 0.4) is 0 Å². The van der Waals surface area contributed by atoms with Gasteiger partial charge in [-0.05, 0) is 30.7 Å². The van der Waals surface area contributed by atoms with E-state index in [1.165, 1.54) is 0 Å². The Bertz CT molecular complexity index is 704. The van der Waals surface area contributed by atoms with Crippen molar-refractivity contribution in [2.24, 2.45) is 0 Å². The fourth-order valence-electron chi connectivity index (χ4n) is 2.45. The lowest BCUT2D eigenvalue weighted by Gasteiger charge is -2.26. The fourth-order valence-corrected chi connectivity index (χ4v) is 4.23. The number of para-hydroxylation sites is 1. The molecular formula is C16H13Cl2NOS. The largest absolute Gasteiger partial charge is 0.295 e. The molecular weight excluding hydrogens is 325 g/mol. The summed E-state index contributed by atoms with van der Waals surface area (Å²) < 4.78 is 0. The maximum atomic E-state index is 12.3. The zero-order valence-corrected chi connectivity index (χ0v) is 13.7. The van der Waals surface area contributed by atoms with E-state index < -0.39 is 0 Å². The van der Waals surface area contributed by atoms with E-state index in [1.54, 1.807) is 17.8 Å². The molecule has 2 aromatic rings. The highest BCUT2D eigenvalue weighted by atomic mass is 35.5. The number of thioether (sulfide) groups is 1. The number of hydrogen-bond acceptors (Lipinski definition) is 2. The number of amides is 1. The molecule has 1 saturated heterocycles. The van der Waals surface area contributed by atoms with Crippen LogP contribution in [0.5, 0.6) is 0 Å². The molecule has 1 atom stereocenters. The van der Waals surface area contributed by atoms with E-state index in [0.717, 1.165) is 16.8 Å². The molecule has 0 aromatic heterocycles. The SMILES string of the molecule is Cc1ccccc1N1C(=O)CS[C@H]1c1ccc(Cl)cc1Cl. The third-order valence-electron chi connectivity index (χ3n) is 3.47. The molecule has 0 spiro atoms. The van der Waals surface area contributed by atoms with Crippen molar-refractivity contribution in [3.8, 4) is 0 Å². The van der Waals surface area contributed by atoms with Gasteiger partial charge in [-0.15, -0.1) is 11.8 Å². The van der Waals surface area contributed by atoms with Crippen LogP contribution < -0.4 is 4.90 Å². The lowest BCUT2D eigenvalue weighted by molar-refractivity contribution is -0.115. The monoisotopic (exact) mass is 337 g/mol. The molecule has 2 nitrogen and oxygen atoms in total. The molecule has 0 aliphatic carbocycles. The molecule has 0 N–H and O–H groups in total. The quantitative estimate of drug-likeness (QED) is 0.761. The smallest absolute Gasteiger partial charge is 0.238 e. The number of hydrogen-bond donors (Lipinski definition) is 0. The van der Waals surface area contributed by atoms with Crippen LogP contribution in [-0.2, 0) is 4.79 Å². The third kappa shape index (κ3) is 2.78. The summed E-state index contributed by atoms with van der Waals surface area (Å²) in [4.78, 5) is 14.2. The van der Waals surface area contributed by atoms with Crippen LogP contribution in [0.1, 0.15) is 16.5 Å². The summed E-state index contributed by atoms with van der Waals surface area (Å²) >= 11 is 13.9. The second-order valence-corrected chi connectivity index (χ2v) is 6.79. The van der Waals surface area contributed by atoms with Crippen LogP contribution in [0, 0.1) is 6.92 Å². The van der Waals surface area contributed by atoms with Crippen LogP contribution in [0.2, 0.25) is 10.0 Å². The van der Waals surface area contributed by atoms with Crippen LogP contribution >= 0.6 is 35.0 Å². The lowest BCUT2D eigenvalue weighted by Crippen LogP contribution is -2.28. The van der Waals surface area contributed by atoms with E-state index in [2.05, 4.69) is 0 Å². The zero-order valence-electron chi connectivity index (χ0n) is 11.3. The summed E-state index contributed by atoms with van der Waals surface area (Å²) in [6.45, 7) is 2.01. The highest BCUT2D eigenvalue weighted by molar-refractivity contribution is 8.00. The predicted molar refractivity (Wildman–Crippen MR) is 90.3 cm³/mol. The van der Waals surface area contributed by atoms with E-state index in [9.17, 15) is 4.79 Å². The minimum Gasteiger partial charge on any atom is -0.295 e. The van der Waals surface area contributed by atoms with Gasteiger partial charge in [0.2, 0.25) is 5.91 Å². The summed E-state index contributed by atoms with van der Waals surface area (Å²) in [7, 11) is 0. The Kier molecular flexibility index (Phi) is 4.16. The molecule has 0 radical (unpaired) electrons. The number of benzene rings is 2. The minimum atomic E-state index is -0.108. The third-order valence-corrected chi connectivity index (χ3v) is 5.23. The van der Waals surface area contributed by atoms with Gasteiger partial charge < -0.3 is 0 Å². The topological polar surface area (TPSA) is 20.3 Å². The summed E-state index contributed by atoms with van der Waals surface area (Å²) in [6.07, 6.45) is 0. The maximum Gasteiger partial charge on any atom is 0.238 e. The normalized spacial score (nSPS) is 18.3. The molecule has 0 saturated carbocycles. The van der Waals surface area contributed by atoms with E-state index in [1.807, 2.05) is 48.2 Å². The highest BCUT2D eigenvalue weighted by Crippen LogP contribution is 2.45. The molecule has 0 unspecified atom stereocenters. The average Bonchev–Trinajstić information content (AvgIpc) is 2.81. The number of aryl methyl sites for hydroxylation is 1. The van der Waals surface area contributed by atoms with Crippen molar-refractivity contribution in [2.45, 2.75) is 12.3 Å². The van der Waals surface area contributed by atoms with Crippen molar-refractivity contribution in [3.05, 3.63) is 63.6 Å². The van der Waals surface area contributed by atoms with Crippen molar-refractivity contribution in [2.75, 3.05) is 10.7 Å². The predicted octanol–water partition coefficient (Wildman–Crippen LogP) is 5.08. The second kappa shape index (κ2) is 5.91. The summed E-state index contributed by atoms with van der Waals surface area (Å²) in [6, 6.07) is 13.3. The highest BCUT2D eigenvalue weighted by Gasteiger charge is 2.35. The molecule has 3 rings (SSSR count). The van der Waals surface area contributed by atoms with Gasteiger partial charge in [0, 0.05) is 21.3 Å². The van der Waals surface area contributed by atoms with E-state index in [0.29, 0.717) is 15.8 Å². The lowest BCUT2D eigenvalue weighted by atomic mass is 10.1. The van der Waals surface area contributed by atoms with Gasteiger partial charge in [-0.2, -0.15) is 0 Å². The van der Waals surface area contributed by atoms with Crippen molar-refractivity contribution in [3.63, 3.8) is 0 Å². The Morgan fingerprint density at radius 1 is 1.19 bits per heavy atom. The van der Waals surface area contributed by atoms with Gasteiger partial charge in [0.25, 0.3) is 0 Å². The standard InChI is InChI=1S/C16H13Cl2NOS/c1-10-4-2-3-5-14(10)19-15(20)9-21-16(19)12-7-6-11(17)8-13(12)18/h2-8,16H,9H2,1H3/t16-/m0/s1. The van der Waals surface area contributed by atoms with Crippen molar-refractivity contribution >= 4 is 46.6 Å². The maximum absolute atomic E-state index is 12.3. The van der Waals surface area contributed by atoms with Crippen molar-refractivity contribution in [1.82, 2.24) is 0 Å². The molecule has 1 aliphatic rings. The van der Waals surface area contributed by atoms with E-state index in [4.69, 9.17) is 23.2 Å². The molecule has 1 amide bonds. The first-order chi connectivity index (χ1) is 10.1. The number of halogens is 2. The summed E-state index contributed by atoms with van der Waals surface area (Å²) in [5.41, 5.74) is 2.92. The van der Waals surface area contributed by atoms with Gasteiger partial charge in [-0.25, -0.2) is 0 Å². The molecule has 108 valence electrons. The van der Waals surface area contributed by atoms with Gasteiger partial charge in [-0.3, -0.25) is 9.69 Å². The first-order valence-corrected chi connectivity index (χ1v) is 8.32. The Morgan fingerprint density at radius 3 is 2.67 bits per heavy atom. The van der Waals surface area contributed by atoms with Gasteiger partial charge >= 0.3 is 0 Å². The van der Waals surface area contributed by atoms with Crippen LogP contribution in [0.15, 0.2) is 42.5 Å². The zero-order chi connectivity index (χ0) is 15.0. The molecule has 5 heteroatoms. The first kappa shape index (κ1) is 14.8. The fraction of sp³-hybridized carbons (Fsp3) is 0.188. The van der Waals surface area contributed by atoms with Gasteiger partial charge in [0.1, 0.15) is 5.37 Å². The van der Waals surface area contributed by atoms with Crippen LogP contribution in [0.25, 0.3) is 0 Å². The molecule has 2 aromatic carbocycles. The Labute approximate surface area is 138 Å². The van der Waals surface area contributed by atoms with Crippen molar-refractivity contribution < 1.29 is 4.79 Å². The molecule has 1 fully saturated rings. The van der Waals surface area contributed by atoms with Gasteiger partial charge in [0.05, 0.1) is 5.75 Å². The summed E-state index contributed by atoms with van der Waals surface area (Å²) in [5, 5.41) is 1.08. The number of carbonyl (C=O) groups excluding carboxylic acids is 1. The summed E-state index contributed by atoms with van der Waals surface area (Å²) in [5.74, 6) is 0.558. The molecule has 1 heterocycles. The number of nitrogens with zero attached hydrogens (tertiary/aromatic N) is 1. The molecule has 0 bridgehead atoms. The first-order valence-electron chi connectivity index (χ1n) is 6.52. The number of carbonyl (C=O) groups is 1. The Morgan fingerprint density at radius 2 is 1.95 bits per heavy atom. The average molecular weight is 338 g/mol. The number of rotatable bonds is 2. The van der Waals surface area contributed by atoms with E-state index >= 15 is 0 Å². The Hall–Kier alpha value is -1.16. The Balaban J connectivity index is 2.06. The van der Waals surface area contributed by atoms with Gasteiger partial charge in [0.15, 0.2) is 0 Å². The van der Waals surface area contributed by atoms with Crippen molar-refractivity contribution in [1.29, 1.82) is 0 Å². The minimum absolute atomic E-state index is 0.102. The molecule has 21 heavy (non-hydrogen) atoms. The van der Waals surface area contributed by atoms with Gasteiger partial charge in [-0.1, -0.05) is 47.5 Å². The van der Waals surface area contributed by atoms with Crippen LogP contribution in [-0.4, -0.2) is 11.7 Å². The second-order valence-electron chi connectivity index (χ2n) is 4.88.